The van der Waals surface area contributed by atoms with Gasteiger partial charge in [-0.1, -0.05) is 35.7 Å². The number of fused-ring (bicyclic) bond motifs is 1. The molecule has 2 aromatic rings. The number of halogens is 2. The molecule has 3 unspecified atom stereocenters. The van der Waals surface area contributed by atoms with E-state index in [9.17, 15) is 14.4 Å². The Balaban J connectivity index is 1.42. The summed E-state index contributed by atoms with van der Waals surface area (Å²) in [5.74, 6) is 0.367. The average molecular weight is 543 g/mol. The first kappa shape index (κ1) is 26.0. The van der Waals surface area contributed by atoms with Gasteiger partial charge in [-0.25, -0.2) is 0 Å². The van der Waals surface area contributed by atoms with Gasteiger partial charge in [-0.3, -0.25) is 14.4 Å². The number of anilines is 2. The zero-order valence-corrected chi connectivity index (χ0v) is 22.2. The number of carbonyl (C=O) groups excluding carboxylic acids is 3. The van der Waals surface area contributed by atoms with Gasteiger partial charge in [0.2, 0.25) is 11.8 Å². The van der Waals surface area contributed by atoms with E-state index in [2.05, 4.69) is 10.6 Å². The molecule has 3 aliphatic rings. The van der Waals surface area contributed by atoms with E-state index in [-0.39, 0.29) is 30.1 Å². The second kappa shape index (κ2) is 11.0. The Morgan fingerprint density at radius 1 is 1.05 bits per heavy atom. The highest BCUT2D eigenvalue weighted by molar-refractivity contribution is 6.35. The lowest BCUT2D eigenvalue weighted by Crippen LogP contribution is -2.36. The second-order valence-electron chi connectivity index (χ2n) is 10.5. The molecule has 3 atom stereocenters. The van der Waals surface area contributed by atoms with Crippen LogP contribution >= 0.6 is 23.2 Å². The molecular weight excluding hydrogens is 511 g/mol. The lowest BCUT2D eigenvalue weighted by molar-refractivity contribution is -0.120. The lowest BCUT2D eigenvalue weighted by atomic mass is 9.81. The standard InChI is InChI=1S/C28H32Cl2N4O3/c29-20-7-8-21(22(30)12-20)25-13-26(35)33-23-11-19(6-9-24(23)34(25)28(37)18-4-5-18)27(36)32-15-17-3-1-2-16(10-17)14-31/h6-9,11-12,16-18,25H,1-5,10,13-15,31H2,(H,32,36)(H,33,35). The molecule has 9 heteroatoms. The SMILES string of the molecule is NCC1CCCC(CNC(=O)c2ccc3c(c2)NC(=O)CC(c2ccc(Cl)cc2Cl)N3C(=O)C2CC2)C1. The Kier molecular flexibility index (Phi) is 7.75. The number of carbonyl (C=O) groups is 3. The van der Waals surface area contributed by atoms with Gasteiger partial charge in [-0.05, 0) is 86.4 Å². The highest BCUT2D eigenvalue weighted by Gasteiger charge is 2.41. The van der Waals surface area contributed by atoms with Crippen LogP contribution in [0.3, 0.4) is 0 Å². The molecule has 7 nitrogen and oxygen atoms in total. The maximum atomic E-state index is 13.5. The van der Waals surface area contributed by atoms with E-state index >= 15 is 0 Å². The van der Waals surface area contributed by atoms with Crippen LogP contribution in [0.1, 0.15) is 66.9 Å². The molecule has 4 N–H and O–H groups in total. The van der Waals surface area contributed by atoms with Gasteiger partial charge in [0.25, 0.3) is 5.91 Å². The monoisotopic (exact) mass is 542 g/mol. The molecule has 0 aromatic heterocycles. The number of amides is 3. The summed E-state index contributed by atoms with van der Waals surface area (Å²) in [6.45, 7) is 1.29. The fraction of sp³-hybridized carbons (Fsp3) is 0.464. The minimum Gasteiger partial charge on any atom is -0.352 e. The maximum Gasteiger partial charge on any atom is 0.251 e. The molecule has 2 saturated carbocycles. The van der Waals surface area contributed by atoms with Crippen LogP contribution in [0.2, 0.25) is 10.0 Å². The topological polar surface area (TPSA) is 105 Å². The molecule has 2 aliphatic carbocycles. The Morgan fingerprint density at radius 2 is 1.84 bits per heavy atom. The summed E-state index contributed by atoms with van der Waals surface area (Å²) in [5, 5.41) is 6.85. The van der Waals surface area contributed by atoms with Gasteiger partial charge in [0.05, 0.1) is 23.8 Å². The third-order valence-electron chi connectivity index (χ3n) is 7.74. The third-order valence-corrected chi connectivity index (χ3v) is 8.31. The number of nitrogens with one attached hydrogen (secondary N) is 2. The molecule has 5 rings (SSSR count). The molecular formula is C28H32Cl2N4O3. The first-order chi connectivity index (χ1) is 17.8. The van der Waals surface area contributed by atoms with Gasteiger partial charge < -0.3 is 21.3 Å². The van der Waals surface area contributed by atoms with Crippen molar-refractivity contribution in [2.24, 2.45) is 23.5 Å². The molecule has 2 aromatic carbocycles. The minimum atomic E-state index is -0.583. The number of nitrogens with two attached hydrogens (primary N) is 1. The van der Waals surface area contributed by atoms with Gasteiger partial charge in [0.15, 0.2) is 0 Å². The molecule has 3 amide bonds. The highest BCUT2D eigenvalue weighted by atomic mass is 35.5. The van der Waals surface area contributed by atoms with Crippen LogP contribution in [0.4, 0.5) is 11.4 Å². The molecule has 2 fully saturated rings. The molecule has 0 radical (unpaired) electrons. The van der Waals surface area contributed by atoms with Crippen molar-refractivity contribution in [1.82, 2.24) is 5.32 Å². The summed E-state index contributed by atoms with van der Waals surface area (Å²) in [7, 11) is 0. The summed E-state index contributed by atoms with van der Waals surface area (Å²) in [6, 6.07) is 9.63. The van der Waals surface area contributed by atoms with Crippen molar-refractivity contribution < 1.29 is 14.4 Å². The van der Waals surface area contributed by atoms with Crippen LogP contribution in [0.5, 0.6) is 0 Å². The molecule has 0 spiro atoms. The van der Waals surface area contributed by atoms with E-state index < -0.39 is 6.04 Å². The van der Waals surface area contributed by atoms with Crippen LogP contribution in [-0.2, 0) is 9.59 Å². The highest BCUT2D eigenvalue weighted by Crippen LogP contribution is 2.44. The van der Waals surface area contributed by atoms with Gasteiger partial charge >= 0.3 is 0 Å². The Hall–Kier alpha value is -2.61. The van der Waals surface area contributed by atoms with Crippen molar-refractivity contribution in [1.29, 1.82) is 0 Å². The fourth-order valence-electron chi connectivity index (χ4n) is 5.58. The summed E-state index contributed by atoms with van der Waals surface area (Å²) in [6.07, 6.45) is 6.09. The summed E-state index contributed by atoms with van der Waals surface area (Å²) in [4.78, 5) is 41.2. The van der Waals surface area contributed by atoms with Crippen molar-refractivity contribution in [3.63, 3.8) is 0 Å². The van der Waals surface area contributed by atoms with Gasteiger partial charge in [-0.15, -0.1) is 0 Å². The van der Waals surface area contributed by atoms with Crippen LogP contribution in [0.25, 0.3) is 0 Å². The summed E-state index contributed by atoms with van der Waals surface area (Å²) in [5.41, 5.74) is 7.96. The Bertz CT molecular complexity index is 1220. The van der Waals surface area contributed by atoms with E-state index in [1.54, 1.807) is 41.3 Å². The van der Waals surface area contributed by atoms with Crippen LogP contribution in [0, 0.1) is 17.8 Å². The zero-order valence-electron chi connectivity index (χ0n) is 20.6. The number of nitrogens with zero attached hydrogens (tertiary/aromatic N) is 1. The van der Waals surface area contributed by atoms with E-state index in [1.165, 1.54) is 0 Å². The normalized spacial score (nSPS) is 23.6. The Morgan fingerprint density at radius 3 is 2.57 bits per heavy atom. The zero-order chi connectivity index (χ0) is 26.1. The van der Waals surface area contributed by atoms with E-state index in [0.29, 0.717) is 57.5 Å². The summed E-state index contributed by atoms with van der Waals surface area (Å²) < 4.78 is 0. The minimum absolute atomic E-state index is 0.0417. The van der Waals surface area contributed by atoms with Crippen LogP contribution in [0.15, 0.2) is 36.4 Å². The van der Waals surface area contributed by atoms with E-state index in [1.807, 2.05) is 0 Å². The molecule has 1 aliphatic heterocycles. The van der Waals surface area contributed by atoms with Crippen LogP contribution < -0.4 is 21.3 Å². The number of rotatable bonds is 6. The smallest absolute Gasteiger partial charge is 0.251 e. The van der Waals surface area contributed by atoms with Crippen molar-refractivity contribution >= 4 is 52.3 Å². The first-order valence-electron chi connectivity index (χ1n) is 13.0. The summed E-state index contributed by atoms with van der Waals surface area (Å²) >= 11 is 12.6. The predicted octanol–water partition coefficient (Wildman–Crippen LogP) is 5.31. The molecule has 0 saturated heterocycles. The lowest BCUT2D eigenvalue weighted by Gasteiger charge is -2.31. The van der Waals surface area contributed by atoms with Crippen molar-refractivity contribution in [3.8, 4) is 0 Å². The molecule has 37 heavy (non-hydrogen) atoms. The maximum absolute atomic E-state index is 13.5. The second-order valence-corrected chi connectivity index (χ2v) is 11.3. The van der Waals surface area contributed by atoms with Crippen molar-refractivity contribution in [2.45, 2.75) is 51.0 Å². The van der Waals surface area contributed by atoms with E-state index in [0.717, 1.165) is 38.5 Å². The average Bonchev–Trinajstić information content (AvgIpc) is 3.74. The van der Waals surface area contributed by atoms with Crippen LogP contribution in [-0.4, -0.2) is 30.8 Å². The Labute approximate surface area is 227 Å². The number of hydrogen-bond donors (Lipinski definition) is 3. The first-order valence-corrected chi connectivity index (χ1v) is 13.8. The molecule has 196 valence electrons. The predicted molar refractivity (Wildman–Crippen MR) is 146 cm³/mol. The third kappa shape index (κ3) is 5.79. The quantitative estimate of drug-likeness (QED) is 0.459. The number of benzene rings is 2. The van der Waals surface area contributed by atoms with Gasteiger partial charge in [0.1, 0.15) is 0 Å². The fourth-order valence-corrected chi connectivity index (χ4v) is 6.12. The van der Waals surface area contributed by atoms with Gasteiger partial charge in [-0.2, -0.15) is 0 Å². The van der Waals surface area contributed by atoms with Gasteiger partial charge in [0, 0.05) is 28.1 Å². The van der Waals surface area contributed by atoms with E-state index in [4.69, 9.17) is 28.9 Å². The largest absolute Gasteiger partial charge is 0.352 e. The number of hydrogen-bond acceptors (Lipinski definition) is 4. The van der Waals surface area contributed by atoms with Crippen molar-refractivity contribution in [3.05, 3.63) is 57.6 Å². The van der Waals surface area contributed by atoms with Crippen molar-refractivity contribution in [2.75, 3.05) is 23.3 Å². The molecule has 0 bridgehead atoms. The molecule has 1 heterocycles.